The zero-order valence-electron chi connectivity index (χ0n) is 10.5. The number of hydrogen-bond donors (Lipinski definition) is 1. The SMILES string of the molecule is CC(C)c1nc(CN(CCO)C(C)C)no1. The molecule has 0 unspecified atom stereocenters. The number of aliphatic hydroxyl groups is 1. The Kier molecular flexibility index (Phi) is 4.89. The Morgan fingerprint density at radius 2 is 2.00 bits per heavy atom. The van der Waals surface area contributed by atoms with Gasteiger partial charge in [0.2, 0.25) is 5.89 Å². The second kappa shape index (κ2) is 5.96. The Hall–Kier alpha value is -0.940. The maximum absolute atomic E-state index is 8.95. The number of rotatable bonds is 6. The Labute approximate surface area is 96.5 Å². The fourth-order valence-corrected chi connectivity index (χ4v) is 1.40. The molecule has 0 saturated heterocycles. The molecule has 1 rings (SSSR count). The van der Waals surface area contributed by atoms with E-state index in [1.54, 1.807) is 0 Å². The van der Waals surface area contributed by atoms with Gasteiger partial charge in [0.15, 0.2) is 5.82 Å². The summed E-state index contributed by atoms with van der Waals surface area (Å²) in [4.78, 5) is 6.42. The number of hydrogen-bond acceptors (Lipinski definition) is 5. The minimum atomic E-state index is 0.146. The molecule has 0 bridgehead atoms. The van der Waals surface area contributed by atoms with Gasteiger partial charge in [0.25, 0.3) is 0 Å². The molecule has 0 aromatic carbocycles. The lowest BCUT2D eigenvalue weighted by atomic mass is 10.2. The highest BCUT2D eigenvalue weighted by molar-refractivity contribution is 4.91. The fourth-order valence-electron chi connectivity index (χ4n) is 1.40. The normalized spacial score (nSPS) is 12.0. The standard InChI is InChI=1S/C11H21N3O2/c1-8(2)11-12-10(13-16-11)7-14(5-6-15)9(3)4/h8-9,15H,5-7H2,1-4H3. The van der Waals surface area contributed by atoms with Gasteiger partial charge in [-0.15, -0.1) is 0 Å². The Balaban J connectivity index is 2.62. The van der Waals surface area contributed by atoms with Crippen LogP contribution in [0.2, 0.25) is 0 Å². The van der Waals surface area contributed by atoms with Crippen LogP contribution in [0.4, 0.5) is 0 Å². The van der Waals surface area contributed by atoms with Crippen LogP contribution in [0.5, 0.6) is 0 Å². The van der Waals surface area contributed by atoms with Gasteiger partial charge in [-0.3, -0.25) is 4.90 Å². The van der Waals surface area contributed by atoms with Crippen molar-refractivity contribution in [3.63, 3.8) is 0 Å². The Morgan fingerprint density at radius 3 is 2.44 bits per heavy atom. The van der Waals surface area contributed by atoms with Crippen molar-refractivity contribution < 1.29 is 9.63 Å². The fraction of sp³-hybridized carbons (Fsp3) is 0.818. The first-order valence-corrected chi connectivity index (χ1v) is 5.72. The van der Waals surface area contributed by atoms with Crippen LogP contribution >= 0.6 is 0 Å². The smallest absolute Gasteiger partial charge is 0.229 e. The molecule has 1 N–H and O–H groups in total. The van der Waals surface area contributed by atoms with Crippen molar-refractivity contribution in [2.24, 2.45) is 0 Å². The second-order valence-electron chi connectivity index (χ2n) is 4.49. The Morgan fingerprint density at radius 1 is 1.31 bits per heavy atom. The average Bonchev–Trinajstić information content (AvgIpc) is 2.65. The molecule has 0 radical (unpaired) electrons. The van der Waals surface area contributed by atoms with E-state index >= 15 is 0 Å². The molecule has 1 aromatic heterocycles. The number of aromatic nitrogens is 2. The van der Waals surface area contributed by atoms with Gasteiger partial charge in [0.05, 0.1) is 13.2 Å². The Bertz CT molecular complexity index is 310. The van der Waals surface area contributed by atoms with Crippen molar-refractivity contribution in [2.45, 2.75) is 46.2 Å². The summed E-state index contributed by atoms with van der Waals surface area (Å²) in [7, 11) is 0. The first-order chi connectivity index (χ1) is 7.54. The molecular formula is C11H21N3O2. The summed E-state index contributed by atoms with van der Waals surface area (Å²) >= 11 is 0. The minimum absolute atomic E-state index is 0.146. The predicted molar refractivity (Wildman–Crippen MR) is 61.0 cm³/mol. The quantitative estimate of drug-likeness (QED) is 0.795. The predicted octanol–water partition coefficient (Wildman–Crippen LogP) is 1.40. The van der Waals surface area contributed by atoms with E-state index in [9.17, 15) is 0 Å². The first-order valence-electron chi connectivity index (χ1n) is 5.72. The van der Waals surface area contributed by atoms with Crippen LogP contribution in [0.25, 0.3) is 0 Å². The molecule has 0 atom stereocenters. The highest BCUT2D eigenvalue weighted by Gasteiger charge is 2.15. The van der Waals surface area contributed by atoms with Crippen LogP contribution in [-0.4, -0.2) is 39.3 Å². The highest BCUT2D eigenvalue weighted by atomic mass is 16.5. The number of aliphatic hydroxyl groups excluding tert-OH is 1. The van der Waals surface area contributed by atoms with Crippen LogP contribution in [0, 0.1) is 0 Å². The van der Waals surface area contributed by atoms with Crippen LogP contribution in [0.3, 0.4) is 0 Å². The first kappa shape index (κ1) is 13.1. The molecule has 5 heteroatoms. The summed E-state index contributed by atoms with van der Waals surface area (Å²) < 4.78 is 5.13. The van der Waals surface area contributed by atoms with E-state index in [0.717, 1.165) is 0 Å². The van der Waals surface area contributed by atoms with E-state index < -0.39 is 0 Å². The largest absolute Gasteiger partial charge is 0.395 e. The lowest BCUT2D eigenvalue weighted by Gasteiger charge is -2.23. The van der Waals surface area contributed by atoms with E-state index in [0.29, 0.717) is 30.8 Å². The maximum atomic E-state index is 8.95. The molecule has 0 aliphatic carbocycles. The molecule has 0 spiro atoms. The summed E-state index contributed by atoms with van der Waals surface area (Å²) in [6.07, 6.45) is 0. The summed E-state index contributed by atoms with van der Waals surface area (Å²) in [5.41, 5.74) is 0. The van der Waals surface area contributed by atoms with Gasteiger partial charge in [0, 0.05) is 18.5 Å². The molecule has 1 heterocycles. The highest BCUT2D eigenvalue weighted by Crippen LogP contribution is 2.12. The van der Waals surface area contributed by atoms with Crippen molar-refractivity contribution in [1.29, 1.82) is 0 Å². The van der Waals surface area contributed by atoms with Crippen LogP contribution in [-0.2, 0) is 6.54 Å². The van der Waals surface area contributed by atoms with Gasteiger partial charge in [-0.2, -0.15) is 4.98 Å². The zero-order chi connectivity index (χ0) is 12.1. The lowest BCUT2D eigenvalue weighted by molar-refractivity contribution is 0.155. The van der Waals surface area contributed by atoms with E-state index in [-0.39, 0.29) is 12.5 Å². The summed E-state index contributed by atoms with van der Waals surface area (Å²) in [5.74, 6) is 1.61. The van der Waals surface area contributed by atoms with Gasteiger partial charge in [-0.05, 0) is 13.8 Å². The third-order valence-corrected chi connectivity index (χ3v) is 2.44. The van der Waals surface area contributed by atoms with Gasteiger partial charge in [-0.25, -0.2) is 0 Å². The lowest BCUT2D eigenvalue weighted by Crippen LogP contribution is -2.33. The molecular weight excluding hydrogens is 206 g/mol. The molecule has 1 aromatic rings. The van der Waals surface area contributed by atoms with Gasteiger partial charge >= 0.3 is 0 Å². The molecule has 0 fully saturated rings. The molecule has 5 nitrogen and oxygen atoms in total. The van der Waals surface area contributed by atoms with Gasteiger partial charge < -0.3 is 9.63 Å². The number of nitrogens with zero attached hydrogens (tertiary/aromatic N) is 3. The van der Waals surface area contributed by atoms with Crippen molar-refractivity contribution in [1.82, 2.24) is 15.0 Å². The van der Waals surface area contributed by atoms with Crippen molar-refractivity contribution in [3.8, 4) is 0 Å². The summed E-state index contributed by atoms with van der Waals surface area (Å²) in [5, 5.41) is 12.9. The monoisotopic (exact) mass is 227 g/mol. The van der Waals surface area contributed by atoms with Crippen molar-refractivity contribution in [3.05, 3.63) is 11.7 Å². The molecule has 0 aliphatic heterocycles. The summed E-state index contributed by atoms with van der Waals surface area (Å²) in [6, 6.07) is 0.355. The average molecular weight is 227 g/mol. The molecule has 0 saturated carbocycles. The van der Waals surface area contributed by atoms with E-state index in [2.05, 4.69) is 28.9 Å². The zero-order valence-corrected chi connectivity index (χ0v) is 10.5. The van der Waals surface area contributed by atoms with Gasteiger partial charge in [-0.1, -0.05) is 19.0 Å². The molecule has 0 aliphatic rings. The minimum Gasteiger partial charge on any atom is -0.395 e. The van der Waals surface area contributed by atoms with Crippen LogP contribution in [0.1, 0.15) is 45.3 Å². The van der Waals surface area contributed by atoms with E-state index in [1.165, 1.54) is 0 Å². The molecule has 0 amide bonds. The van der Waals surface area contributed by atoms with Crippen LogP contribution < -0.4 is 0 Å². The van der Waals surface area contributed by atoms with E-state index in [1.807, 2.05) is 13.8 Å². The second-order valence-corrected chi connectivity index (χ2v) is 4.49. The van der Waals surface area contributed by atoms with Crippen LogP contribution in [0.15, 0.2) is 4.52 Å². The van der Waals surface area contributed by atoms with Gasteiger partial charge in [0.1, 0.15) is 0 Å². The molecule has 16 heavy (non-hydrogen) atoms. The van der Waals surface area contributed by atoms with E-state index in [4.69, 9.17) is 9.63 Å². The third kappa shape index (κ3) is 3.57. The topological polar surface area (TPSA) is 62.4 Å². The van der Waals surface area contributed by atoms with Crippen molar-refractivity contribution >= 4 is 0 Å². The third-order valence-electron chi connectivity index (χ3n) is 2.44. The molecule has 92 valence electrons. The maximum Gasteiger partial charge on any atom is 0.229 e. The summed E-state index contributed by atoms with van der Waals surface area (Å²) in [6.45, 7) is 9.60. The van der Waals surface area contributed by atoms with Crippen molar-refractivity contribution in [2.75, 3.05) is 13.2 Å².